The summed E-state index contributed by atoms with van der Waals surface area (Å²) in [6.07, 6.45) is 0. The van der Waals surface area contributed by atoms with E-state index in [2.05, 4.69) is 14.7 Å². The number of halogens is 1. The van der Waals surface area contributed by atoms with Crippen molar-refractivity contribution in [2.24, 2.45) is 0 Å². The van der Waals surface area contributed by atoms with E-state index >= 15 is 0 Å². The molecule has 4 nitrogen and oxygen atoms in total. The van der Waals surface area contributed by atoms with Gasteiger partial charge in [0.25, 0.3) is 0 Å². The molecule has 0 spiro atoms. The lowest BCUT2D eigenvalue weighted by Crippen LogP contribution is -2.01. The summed E-state index contributed by atoms with van der Waals surface area (Å²) in [5.41, 5.74) is 3.07. The molecule has 0 aliphatic heterocycles. The van der Waals surface area contributed by atoms with Crippen molar-refractivity contribution in [3.8, 4) is 0 Å². The first-order chi connectivity index (χ1) is 7.65. The number of H-pyrrole nitrogens is 1. The first-order valence-corrected chi connectivity index (χ1v) is 5.32. The van der Waals surface area contributed by atoms with Crippen LogP contribution in [0.25, 0.3) is 11.0 Å². The predicted octanol–water partition coefficient (Wildman–Crippen LogP) is 2.40. The summed E-state index contributed by atoms with van der Waals surface area (Å²) in [7, 11) is 1.36. The van der Waals surface area contributed by atoms with Crippen LogP contribution in [0.5, 0.6) is 0 Å². The largest absolute Gasteiger partial charge is 0.465 e. The third-order valence-electron chi connectivity index (χ3n) is 2.37. The van der Waals surface area contributed by atoms with Crippen LogP contribution in [0.1, 0.15) is 21.7 Å². The molecule has 1 heterocycles. The van der Waals surface area contributed by atoms with Crippen LogP contribution in [0, 0.1) is 6.92 Å². The highest BCUT2D eigenvalue weighted by atomic mass is 35.5. The van der Waals surface area contributed by atoms with E-state index in [4.69, 9.17) is 11.6 Å². The number of rotatable bonds is 2. The monoisotopic (exact) mass is 238 g/mol. The maximum atomic E-state index is 11.4. The van der Waals surface area contributed by atoms with Gasteiger partial charge in [-0.25, -0.2) is 9.78 Å². The number of aryl methyl sites for hydroxylation is 1. The van der Waals surface area contributed by atoms with Gasteiger partial charge in [-0.1, -0.05) is 0 Å². The van der Waals surface area contributed by atoms with Crippen molar-refractivity contribution in [1.29, 1.82) is 0 Å². The SMILES string of the molecule is COC(=O)c1cc(C)c2nc(CCl)[nH]c2c1. The average molecular weight is 239 g/mol. The number of aromatic nitrogens is 2. The van der Waals surface area contributed by atoms with Crippen molar-refractivity contribution in [1.82, 2.24) is 9.97 Å². The van der Waals surface area contributed by atoms with Crippen LogP contribution in [0.4, 0.5) is 0 Å². The number of carbonyl (C=O) groups is 1. The number of benzene rings is 1. The molecule has 0 aliphatic carbocycles. The topological polar surface area (TPSA) is 55.0 Å². The number of ether oxygens (including phenoxy) is 1. The minimum Gasteiger partial charge on any atom is -0.465 e. The Morgan fingerprint density at radius 2 is 2.31 bits per heavy atom. The van der Waals surface area contributed by atoms with Crippen molar-refractivity contribution >= 4 is 28.6 Å². The summed E-state index contributed by atoms with van der Waals surface area (Å²) in [5, 5.41) is 0. The third kappa shape index (κ3) is 1.76. The molecule has 0 saturated carbocycles. The van der Waals surface area contributed by atoms with Gasteiger partial charge in [0.2, 0.25) is 0 Å². The van der Waals surface area contributed by atoms with Gasteiger partial charge in [-0.3, -0.25) is 0 Å². The number of aromatic amines is 1. The van der Waals surface area contributed by atoms with Crippen molar-refractivity contribution < 1.29 is 9.53 Å². The van der Waals surface area contributed by atoms with Crippen LogP contribution >= 0.6 is 11.6 Å². The zero-order chi connectivity index (χ0) is 11.7. The number of hydrogen-bond acceptors (Lipinski definition) is 3. The Hall–Kier alpha value is -1.55. The minimum atomic E-state index is -0.355. The van der Waals surface area contributed by atoms with Crippen LogP contribution in [-0.4, -0.2) is 23.0 Å². The molecule has 16 heavy (non-hydrogen) atoms. The highest BCUT2D eigenvalue weighted by molar-refractivity contribution is 6.16. The Labute approximate surface area is 97.6 Å². The number of esters is 1. The summed E-state index contributed by atoms with van der Waals surface area (Å²) in [6.45, 7) is 1.90. The second-order valence-electron chi connectivity index (χ2n) is 3.50. The molecular formula is C11H11ClN2O2. The summed E-state index contributed by atoms with van der Waals surface area (Å²) < 4.78 is 4.67. The number of hydrogen-bond donors (Lipinski definition) is 1. The third-order valence-corrected chi connectivity index (χ3v) is 2.63. The molecule has 0 radical (unpaired) electrons. The molecule has 0 aliphatic rings. The van der Waals surface area contributed by atoms with Gasteiger partial charge in [0, 0.05) is 0 Å². The van der Waals surface area contributed by atoms with E-state index in [-0.39, 0.29) is 5.97 Å². The highest BCUT2D eigenvalue weighted by Gasteiger charge is 2.11. The number of carbonyl (C=O) groups excluding carboxylic acids is 1. The molecule has 0 amide bonds. The maximum Gasteiger partial charge on any atom is 0.337 e. The van der Waals surface area contributed by atoms with Gasteiger partial charge < -0.3 is 9.72 Å². The predicted molar refractivity (Wildman–Crippen MR) is 61.7 cm³/mol. The van der Waals surface area contributed by atoms with Crippen LogP contribution in [0.15, 0.2) is 12.1 Å². The summed E-state index contributed by atoms with van der Waals surface area (Å²) >= 11 is 5.69. The number of fused-ring (bicyclic) bond motifs is 1. The molecule has 0 atom stereocenters. The molecule has 2 rings (SSSR count). The van der Waals surface area contributed by atoms with Gasteiger partial charge in [0.1, 0.15) is 5.82 Å². The van der Waals surface area contributed by atoms with Crippen molar-refractivity contribution in [2.75, 3.05) is 7.11 Å². The Morgan fingerprint density at radius 3 is 2.94 bits per heavy atom. The molecule has 1 aromatic heterocycles. The number of imidazole rings is 1. The van der Waals surface area contributed by atoms with Crippen molar-refractivity contribution in [3.63, 3.8) is 0 Å². The van der Waals surface area contributed by atoms with Crippen molar-refractivity contribution in [2.45, 2.75) is 12.8 Å². The van der Waals surface area contributed by atoms with Gasteiger partial charge in [-0.15, -0.1) is 11.6 Å². The fourth-order valence-corrected chi connectivity index (χ4v) is 1.77. The Bertz CT molecular complexity index is 548. The average Bonchev–Trinajstić information content (AvgIpc) is 2.71. The van der Waals surface area contributed by atoms with Gasteiger partial charge >= 0.3 is 5.97 Å². The molecule has 0 bridgehead atoms. The fraction of sp³-hybridized carbons (Fsp3) is 0.273. The zero-order valence-corrected chi connectivity index (χ0v) is 9.76. The van der Waals surface area contributed by atoms with Crippen LogP contribution < -0.4 is 0 Å². The molecular weight excluding hydrogens is 228 g/mol. The first kappa shape index (κ1) is 11.0. The Morgan fingerprint density at radius 1 is 1.56 bits per heavy atom. The molecule has 1 aromatic carbocycles. The van der Waals surface area contributed by atoms with E-state index in [1.54, 1.807) is 12.1 Å². The molecule has 5 heteroatoms. The molecule has 1 N–H and O–H groups in total. The van der Waals surface area contributed by atoms with E-state index in [0.717, 1.165) is 16.6 Å². The second-order valence-corrected chi connectivity index (χ2v) is 3.77. The summed E-state index contributed by atoms with van der Waals surface area (Å²) in [5.74, 6) is 0.663. The van der Waals surface area contributed by atoms with Gasteiger partial charge in [-0.2, -0.15) is 0 Å². The Balaban J connectivity index is 2.61. The zero-order valence-electron chi connectivity index (χ0n) is 9.00. The molecule has 0 saturated heterocycles. The summed E-state index contributed by atoms with van der Waals surface area (Å²) in [4.78, 5) is 18.8. The van der Waals surface area contributed by atoms with E-state index in [0.29, 0.717) is 17.3 Å². The lowest BCUT2D eigenvalue weighted by atomic mass is 10.1. The van der Waals surface area contributed by atoms with Crippen LogP contribution in [0.2, 0.25) is 0 Å². The fourth-order valence-electron chi connectivity index (χ4n) is 1.64. The quantitative estimate of drug-likeness (QED) is 0.646. The van der Waals surface area contributed by atoms with Crippen LogP contribution in [0.3, 0.4) is 0 Å². The molecule has 84 valence electrons. The number of methoxy groups -OCH3 is 1. The van der Waals surface area contributed by atoms with E-state index in [1.165, 1.54) is 7.11 Å². The summed E-state index contributed by atoms with van der Waals surface area (Å²) in [6, 6.07) is 3.48. The van der Waals surface area contributed by atoms with Gasteiger partial charge in [0.05, 0.1) is 29.6 Å². The molecule has 0 unspecified atom stereocenters. The normalized spacial score (nSPS) is 10.7. The van der Waals surface area contributed by atoms with Gasteiger partial charge in [0.15, 0.2) is 0 Å². The second kappa shape index (κ2) is 4.14. The molecule has 2 aromatic rings. The van der Waals surface area contributed by atoms with Crippen molar-refractivity contribution in [3.05, 3.63) is 29.1 Å². The van der Waals surface area contributed by atoms with E-state index < -0.39 is 0 Å². The van der Waals surface area contributed by atoms with Crippen LogP contribution in [-0.2, 0) is 10.6 Å². The lowest BCUT2D eigenvalue weighted by molar-refractivity contribution is 0.0601. The smallest absolute Gasteiger partial charge is 0.337 e. The first-order valence-electron chi connectivity index (χ1n) is 4.79. The van der Waals surface area contributed by atoms with E-state index in [1.807, 2.05) is 6.92 Å². The standard InChI is InChI=1S/C11H11ClN2O2/c1-6-3-7(11(15)16-2)4-8-10(6)14-9(5-12)13-8/h3-4H,5H2,1-2H3,(H,13,14). The van der Waals surface area contributed by atoms with Gasteiger partial charge in [-0.05, 0) is 24.6 Å². The lowest BCUT2D eigenvalue weighted by Gasteiger charge is -2.01. The highest BCUT2D eigenvalue weighted by Crippen LogP contribution is 2.19. The Kier molecular flexibility index (Phi) is 2.83. The number of nitrogens with one attached hydrogen (secondary N) is 1. The number of alkyl halides is 1. The number of nitrogens with zero attached hydrogens (tertiary/aromatic N) is 1. The molecule has 0 fully saturated rings. The maximum absolute atomic E-state index is 11.4. The van der Waals surface area contributed by atoms with E-state index in [9.17, 15) is 4.79 Å². The minimum absolute atomic E-state index is 0.321.